The van der Waals surface area contributed by atoms with Crippen LogP contribution in [0.2, 0.25) is 0 Å². The Labute approximate surface area is 151 Å². The van der Waals surface area contributed by atoms with Crippen molar-refractivity contribution in [3.05, 3.63) is 59.7 Å². The van der Waals surface area contributed by atoms with Gasteiger partial charge in [-0.15, -0.1) is 0 Å². The molecule has 2 aliphatic rings. The summed E-state index contributed by atoms with van der Waals surface area (Å²) in [7, 11) is 0. The first kappa shape index (κ1) is 18.0. The van der Waals surface area contributed by atoms with Gasteiger partial charge in [-0.3, -0.25) is 0 Å². The van der Waals surface area contributed by atoms with Crippen LogP contribution in [0.25, 0.3) is 0 Å². The van der Waals surface area contributed by atoms with Crippen LogP contribution in [-0.2, 0) is 11.8 Å². The molecule has 0 aromatic heterocycles. The number of nitrogens with one attached hydrogen (secondary N) is 1. The predicted octanol–water partition coefficient (Wildman–Crippen LogP) is 4.77. The molecule has 0 spiro atoms. The lowest BCUT2D eigenvalue weighted by Gasteiger charge is -2.46. The summed E-state index contributed by atoms with van der Waals surface area (Å²) in [5.41, 5.74) is 4.72. The molecule has 1 unspecified atom stereocenters. The minimum atomic E-state index is -0.138. The smallest absolute Gasteiger partial charge is 0.123 e. The van der Waals surface area contributed by atoms with Crippen molar-refractivity contribution in [1.82, 2.24) is 10.2 Å². The molecule has 1 aromatic rings. The fourth-order valence-corrected chi connectivity index (χ4v) is 4.05. The Morgan fingerprint density at radius 3 is 2.68 bits per heavy atom. The van der Waals surface area contributed by atoms with Gasteiger partial charge in [-0.25, -0.2) is 4.39 Å². The SMILES string of the molecule is C=C1CCCC(C(=C)N2CC(Cc3ccc(F)cc3C(C)(C)C)C2)N1. The average molecular weight is 343 g/mol. The molecule has 3 rings (SSSR count). The van der Waals surface area contributed by atoms with Crippen LogP contribution in [0.1, 0.15) is 51.2 Å². The monoisotopic (exact) mass is 342 g/mol. The molecule has 1 atom stereocenters. The molecule has 1 N–H and O–H groups in total. The van der Waals surface area contributed by atoms with Crippen LogP contribution in [0.5, 0.6) is 0 Å². The number of hydrogen-bond acceptors (Lipinski definition) is 2. The Hall–Kier alpha value is -1.77. The molecule has 2 saturated heterocycles. The Bertz CT molecular complexity index is 665. The standard InChI is InChI=1S/C22H31FN2/c1-15-7-6-8-21(24-15)16(2)25-13-17(14-25)11-18-9-10-19(23)12-20(18)22(3,4)5/h9-10,12,17,21,24H,1-2,6-8,11,13-14H2,3-5H3. The number of benzene rings is 1. The lowest BCUT2D eigenvalue weighted by molar-refractivity contribution is 0.129. The maximum absolute atomic E-state index is 13.7. The van der Waals surface area contributed by atoms with E-state index in [4.69, 9.17) is 0 Å². The van der Waals surface area contributed by atoms with Crippen LogP contribution >= 0.6 is 0 Å². The van der Waals surface area contributed by atoms with Crippen LogP contribution in [0.3, 0.4) is 0 Å². The first-order valence-electron chi connectivity index (χ1n) is 9.41. The van der Waals surface area contributed by atoms with Crippen LogP contribution < -0.4 is 5.32 Å². The normalized spacial score (nSPS) is 21.7. The van der Waals surface area contributed by atoms with Crippen molar-refractivity contribution in [2.75, 3.05) is 13.1 Å². The van der Waals surface area contributed by atoms with Gasteiger partial charge < -0.3 is 10.2 Å². The molecule has 2 fully saturated rings. The van der Waals surface area contributed by atoms with Crippen LogP contribution in [0.15, 0.2) is 42.8 Å². The third-order valence-corrected chi connectivity index (χ3v) is 5.50. The van der Waals surface area contributed by atoms with Gasteiger partial charge in [0.15, 0.2) is 0 Å². The summed E-state index contributed by atoms with van der Waals surface area (Å²) >= 11 is 0. The number of allylic oxidation sites excluding steroid dienone is 1. The molecule has 2 aliphatic heterocycles. The summed E-state index contributed by atoms with van der Waals surface area (Å²) in [6, 6.07) is 5.62. The molecular formula is C22H31FN2. The summed E-state index contributed by atoms with van der Waals surface area (Å²) < 4.78 is 13.7. The van der Waals surface area contributed by atoms with Crippen molar-refractivity contribution < 1.29 is 4.39 Å². The Kier molecular flexibility index (Phi) is 4.95. The molecule has 2 nitrogen and oxygen atoms in total. The van der Waals surface area contributed by atoms with Gasteiger partial charge in [0, 0.05) is 24.5 Å². The summed E-state index contributed by atoms with van der Waals surface area (Å²) in [5, 5.41) is 3.49. The van der Waals surface area contributed by atoms with E-state index in [0.717, 1.165) is 43.6 Å². The molecule has 2 heterocycles. The molecule has 0 aliphatic carbocycles. The highest BCUT2D eigenvalue weighted by atomic mass is 19.1. The van der Waals surface area contributed by atoms with E-state index in [1.807, 2.05) is 6.07 Å². The van der Waals surface area contributed by atoms with Crippen molar-refractivity contribution in [2.45, 2.75) is 57.9 Å². The Morgan fingerprint density at radius 1 is 1.32 bits per heavy atom. The zero-order chi connectivity index (χ0) is 18.2. The van der Waals surface area contributed by atoms with Crippen LogP contribution in [0, 0.1) is 11.7 Å². The van der Waals surface area contributed by atoms with Gasteiger partial charge in [0.2, 0.25) is 0 Å². The molecule has 0 saturated carbocycles. The first-order chi connectivity index (χ1) is 11.7. The van der Waals surface area contributed by atoms with Gasteiger partial charge in [-0.05, 0) is 60.3 Å². The molecule has 136 valence electrons. The van der Waals surface area contributed by atoms with Crippen LogP contribution in [-0.4, -0.2) is 24.0 Å². The zero-order valence-corrected chi connectivity index (χ0v) is 15.9. The molecular weight excluding hydrogens is 311 g/mol. The molecule has 0 radical (unpaired) electrons. The fourth-order valence-electron chi connectivity index (χ4n) is 4.05. The van der Waals surface area contributed by atoms with Gasteiger partial charge in [0.25, 0.3) is 0 Å². The minimum Gasteiger partial charge on any atom is -0.381 e. The third kappa shape index (κ3) is 4.08. The largest absolute Gasteiger partial charge is 0.381 e. The summed E-state index contributed by atoms with van der Waals surface area (Å²) in [4.78, 5) is 2.39. The number of hydrogen-bond donors (Lipinski definition) is 1. The highest BCUT2D eigenvalue weighted by molar-refractivity contribution is 5.34. The summed E-state index contributed by atoms with van der Waals surface area (Å²) in [6.07, 6.45) is 4.43. The number of likely N-dealkylation sites (tertiary alicyclic amines) is 1. The summed E-state index contributed by atoms with van der Waals surface area (Å²) in [5.74, 6) is 0.482. The first-order valence-corrected chi connectivity index (χ1v) is 9.41. The second-order valence-electron chi connectivity index (χ2n) is 8.71. The van der Waals surface area contributed by atoms with E-state index in [1.54, 1.807) is 12.1 Å². The highest BCUT2D eigenvalue weighted by Crippen LogP contribution is 2.32. The average Bonchev–Trinajstić information content (AvgIpc) is 2.50. The molecule has 25 heavy (non-hydrogen) atoms. The molecule has 1 aromatic carbocycles. The molecule has 0 amide bonds. The quantitative estimate of drug-likeness (QED) is 0.848. The lowest BCUT2D eigenvalue weighted by atomic mass is 9.80. The zero-order valence-electron chi connectivity index (χ0n) is 15.9. The van der Waals surface area contributed by atoms with Gasteiger partial charge in [0.1, 0.15) is 5.82 Å². The van der Waals surface area contributed by atoms with E-state index in [1.165, 1.54) is 17.7 Å². The maximum Gasteiger partial charge on any atom is 0.123 e. The predicted molar refractivity (Wildman–Crippen MR) is 103 cm³/mol. The topological polar surface area (TPSA) is 15.3 Å². The van der Waals surface area contributed by atoms with E-state index in [2.05, 4.69) is 44.1 Å². The molecule has 0 bridgehead atoms. The van der Waals surface area contributed by atoms with Crippen molar-refractivity contribution in [3.8, 4) is 0 Å². The molecule has 3 heteroatoms. The number of halogens is 1. The van der Waals surface area contributed by atoms with E-state index in [9.17, 15) is 4.39 Å². The van der Waals surface area contributed by atoms with Crippen LogP contribution in [0.4, 0.5) is 4.39 Å². The van der Waals surface area contributed by atoms with E-state index in [-0.39, 0.29) is 11.2 Å². The van der Waals surface area contributed by atoms with E-state index in [0.29, 0.717) is 12.0 Å². The fraction of sp³-hybridized carbons (Fsp3) is 0.545. The second-order valence-corrected chi connectivity index (χ2v) is 8.71. The highest BCUT2D eigenvalue weighted by Gasteiger charge is 2.32. The third-order valence-electron chi connectivity index (χ3n) is 5.50. The van der Waals surface area contributed by atoms with Crippen molar-refractivity contribution >= 4 is 0 Å². The number of rotatable bonds is 4. The van der Waals surface area contributed by atoms with Gasteiger partial charge in [0.05, 0.1) is 6.04 Å². The minimum absolute atomic E-state index is 0.0309. The van der Waals surface area contributed by atoms with E-state index < -0.39 is 0 Å². The van der Waals surface area contributed by atoms with E-state index >= 15 is 0 Å². The van der Waals surface area contributed by atoms with Crippen molar-refractivity contribution in [1.29, 1.82) is 0 Å². The van der Waals surface area contributed by atoms with Gasteiger partial charge in [-0.1, -0.05) is 40.0 Å². The number of nitrogens with zero attached hydrogens (tertiary/aromatic N) is 1. The van der Waals surface area contributed by atoms with Gasteiger partial charge >= 0.3 is 0 Å². The second kappa shape index (κ2) is 6.86. The Morgan fingerprint density at radius 2 is 2.04 bits per heavy atom. The van der Waals surface area contributed by atoms with Crippen molar-refractivity contribution in [3.63, 3.8) is 0 Å². The number of piperidine rings is 1. The Balaban J connectivity index is 1.59. The maximum atomic E-state index is 13.7. The van der Waals surface area contributed by atoms with Crippen molar-refractivity contribution in [2.24, 2.45) is 5.92 Å². The van der Waals surface area contributed by atoms with Gasteiger partial charge in [-0.2, -0.15) is 0 Å². The lowest BCUT2D eigenvalue weighted by Crippen LogP contribution is -2.51. The summed E-state index contributed by atoms with van der Waals surface area (Å²) in [6.45, 7) is 16.9.